The van der Waals surface area contributed by atoms with Gasteiger partial charge in [-0.3, -0.25) is 4.90 Å². The molecule has 7 heteroatoms. The van der Waals surface area contributed by atoms with Gasteiger partial charge in [-0.25, -0.2) is 4.98 Å². The average molecular weight is 380 g/mol. The van der Waals surface area contributed by atoms with E-state index in [0.717, 1.165) is 61.9 Å². The lowest BCUT2D eigenvalue weighted by atomic mass is 9.96. The molecule has 1 aromatic carbocycles. The highest BCUT2D eigenvalue weighted by Gasteiger charge is 2.25. The molecule has 4 rings (SSSR count). The van der Waals surface area contributed by atoms with E-state index >= 15 is 0 Å². The third-order valence-corrected chi connectivity index (χ3v) is 5.37. The zero-order chi connectivity index (χ0) is 19.5. The van der Waals surface area contributed by atoms with E-state index in [4.69, 9.17) is 4.42 Å². The zero-order valence-corrected chi connectivity index (χ0v) is 16.9. The third-order valence-electron chi connectivity index (χ3n) is 5.37. The minimum absolute atomic E-state index is 0.474. The van der Waals surface area contributed by atoms with Crippen LogP contribution in [0.4, 0.5) is 0 Å². The Morgan fingerprint density at radius 1 is 1.11 bits per heavy atom. The van der Waals surface area contributed by atoms with Crippen molar-refractivity contribution in [2.24, 2.45) is 7.05 Å². The predicted molar refractivity (Wildman–Crippen MR) is 108 cm³/mol. The van der Waals surface area contributed by atoms with Crippen molar-refractivity contribution in [3.05, 3.63) is 53.9 Å². The van der Waals surface area contributed by atoms with E-state index in [1.165, 1.54) is 0 Å². The van der Waals surface area contributed by atoms with Crippen molar-refractivity contribution in [1.29, 1.82) is 0 Å². The summed E-state index contributed by atoms with van der Waals surface area (Å²) >= 11 is 0. The fourth-order valence-corrected chi connectivity index (χ4v) is 3.82. The zero-order valence-electron chi connectivity index (χ0n) is 16.9. The lowest BCUT2D eigenvalue weighted by molar-refractivity contribution is 0.198. The molecule has 3 aromatic rings. The second-order valence-corrected chi connectivity index (χ2v) is 7.83. The topological polar surface area (TPSA) is 63.2 Å². The van der Waals surface area contributed by atoms with E-state index in [9.17, 15) is 0 Å². The van der Waals surface area contributed by atoms with Crippen LogP contribution < -0.4 is 0 Å². The van der Waals surface area contributed by atoms with Crippen LogP contribution in [0.15, 0.2) is 41.0 Å². The maximum atomic E-state index is 5.67. The number of hydrogen-bond acceptors (Lipinski definition) is 6. The molecule has 1 saturated heterocycles. The van der Waals surface area contributed by atoms with Gasteiger partial charge in [0.15, 0.2) is 0 Å². The summed E-state index contributed by atoms with van der Waals surface area (Å²) in [6, 6.07) is 10.0. The Morgan fingerprint density at radius 3 is 2.57 bits per heavy atom. The molecule has 2 aromatic heterocycles. The monoisotopic (exact) mass is 380 g/mol. The molecule has 1 aliphatic heterocycles. The van der Waals surface area contributed by atoms with Gasteiger partial charge in [0.2, 0.25) is 5.89 Å². The fraction of sp³-hybridized carbons (Fsp3) is 0.476. The highest BCUT2D eigenvalue weighted by molar-refractivity contribution is 5.52. The molecule has 1 fully saturated rings. The number of likely N-dealkylation sites (tertiary alicyclic amines) is 1. The quantitative estimate of drug-likeness (QED) is 0.655. The van der Waals surface area contributed by atoms with Gasteiger partial charge in [-0.1, -0.05) is 18.2 Å². The van der Waals surface area contributed by atoms with Gasteiger partial charge in [-0.15, -0.1) is 10.2 Å². The summed E-state index contributed by atoms with van der Waals surface area (Å²) in [6.07, 6.45) is 3.97. The number of benzene rings is 1. The molecule has 0 radical (unpaired) electrons. The van der Waals surface area contributed by atoms with Gasteiger partial charge in [0.1, 0.15) is 17.9 Å². The highest BCUT2D eigenvalue weighted by Crippen LogP contribution is 2.28. The second-order valence-electron chi connectivity index (χ2n) is 7.83. The highest BCUT2D eigenvalue weighted by atomic mass is 16.3. The first-order valence-corrected chi connectivity index (χ1v) is 9.85. The van der Waals surface area contributed by atoms with E-state index in [2.05, 4.69) is 50.7 Å². The summed E-state index contributed by atoms with van der Waals surface area (Å²) < 4.78 is 7.84. The van der Waals surface area contributed by atoms with Gasteiger partial charge in [-0.05, 0) is 52.2 Å². The summed E-state index contributed by atoms with van der Waals surface area (Å²) in [5.41, 5.74) is 2.01. The number of oxazole rings is 1. The second kappa shape index (κ2) is 8.24. The maximum Gasteiger partial charge on any atom is 0.226 e. The van der Waals surface area contributed by atoms with Gasteiger partial charge in [0, 0.05) is 25.1 Å². The third kappa shape index (κ3) is 4.15. The van der Waals surface area contributed by atoms with E-state index < -0.39 is 0 Å². The van der Waals surface area contributed by atoms with Crippen molar-refractivity contribution >= 4 is 0 Å². The average Bonchev–Trinajstić information content (AvgIpc) is 3.30. The van der Waals surface area contributed by atoms with Crippen LogP contribution in [0.3, 0.4) is 0 Å². The van der Waals surface area contributed by atoms with Crippen LogP contribution in [-0.2, 0) is 20.1 Å². The summed E-state index contributed by atoms with van der Waals surface area (Å²) in [4.78, 5) is 9.23. The Balaban J connectivity index is 1.34. The van der Waals surface area contributed by atoms with Crippen LogP contribution >= 0.6 is 0 Å². The smallest absolute Gasteiger partial charge is 0.226 e. The van der Waals surface area contributed by atoms with Crippen LogP contribution in [0.1, 0.15) is 36.1 Å². The van der Waals surface area contributed by atoms with Crippen molar-refractivity contribution in [2.45, 2.75) is 31.8 Å². The van der Waals surface area contributed by atoms with E-state index in [1.807, 2.05) is 30.3 Å². The van der Waals surface area contributed by atoms with Crippen LogP contribution in [0.25, 0.3) is 11.5 Å². The summed E-state index contributed by atoms with van der Waals surface area (Å²) in [7, 11) is 6.20. The maximum absolute atomic E-state index is 5.67. The van der Waals surface area contributed by atoms with Gasteiger partial charge in [-0.2, -0.15) is 0 Å². The number of piperidine rings is 1. The van der Waals surface area contributed by atoms with Gasteiger partial charge in [0.05, 0.1) is 12.2 Å². The van der Waals surface area contributed by atoms with Gasteiger partial charge in [0.25, 0.3) is 0 Å². The minimum atomic E-state index is 0.474. The fourth-order valence-electron chi connectivity index (χ4n) is 3.82. The van der Waals surface area contributed by atoms with Crippen LogP contribution in [0.2, 0.25) is 0 Å². The minimum Gasteiger partial charge on any atom is -0.444 e. The Bertz CT molecular complexity index is 893. The van der Waals surface area contributed by atoms with Crippen LogP contribution in [0.5, 0.6) is 0 Å². The standard InChI is InChI=1S/C21H28N6O/c1-25(2)14-19-23-24-20(26(19)3)16-9-11-27(12-10-16)13-18-15-28-21(22-18)17-7-5-4-6-8-17/h4-8,15-16H,9-14H2,1-3H3. The Morgan fingerprint density at radius 2 is 1.86 bits per heavy atom. The summed E-state index contributed by atoms with van der Waals surface area (Å²) in [5.74, 6) is 3.31. The lowest BCUT2D eigenvalue weighted by Crippen LogP contribution is -2.33. The van der Waals surface area contributed by atoms with Crippen molar-refractivity contribution < 1.29 is 4.42 Å². The number of hydrogen-bond donors (Lipinski definition) is 0. The first-order chi connectivity index (χ1) is 13.6. The molecule has 0 unspecified atom stereocenters. The lowest BCUT2D eigenvalue weighted by Gasteiger charge is -2.30. The molecule has 0 aliphatic carbocycles. The molecule has 148 valence electrons. The largest absolute Gasteiger partial charge is 0.444 e. The summed E-state index contributed by atoms with van der Waals surface area (Å²) in [5, 5.41) is 8.86. The normalized spacial score (nSPS) is 16.1. The SMILES string of the molecule is CN(C)Cc1nnc(C2CCN(Cc3coc(-c4ccccc4)n3)CC2)n1C. The molecule has 0 saturated carbocycles. The number of rotatable bonds is 6. The Kier molecular flexibility index (Phi) is 5.54. The molecule has 0 atom stereocenters. The molecular formula is C21H28N6O. The Hall–Kier alpha value is -2.51. The molecule has 7 nitrogen and oxygen atoms in total. The molecule has 28 heavy (non-hydrogen) atoms. The van der Waals surface area contributed by atoms with Crippen LogP contribution in [-0.4, -0.2) is 56.7 Å². The van der Waals surface area contributed by atoms with E-state index in [1.54, 1.807) is 6.26 Å². The molecule has 0 N–H and O–H groups in total. The molecule has 0 spiro atoms. The van der Waals surface area contributed by atoms with Crippen molar-refractivity contribution in [2.75, 3.05) is 27.2 Å². The van der Waals surface area contributed by atoms with Gasteiger partial charge < -0.3 is 13.9 Å². The van der Waals surface area contributed by atoms with Crippen molar-refractivity contribution in [3.63, 3.8) is 0 Å². The van der Waals surface area contributed by atoms with Crippen molar-refractivity contribution in [3.8, 4) is 11.5 Å². The van der Waals surface area contributed by atoms with Gasteiger partial charge >= 0.3 is 0 Å². The van der Waals surface area contributed by atoms with Crippen LogP contribution in [0, 0.1) is 0 Å². The Labute approximate surface area is 166 Å². The predicted octanol–water partition coefficient (Wildman–Crippen LogP) is 2.91. The first kappa shape index (κ1) is 18.8. The van der Waals surface area contributed by atoms with Crippen molar-refractivity contribution in [1.82, 2.24) is 29.5 Å². The first-order valence-electron chi connectivity index (χ1n) is 9.85. The molecular weight excluding hydrogens is 352 g/mol. The molecule has 3 heterocycles. The molecule has 0 amide bonds. The number of nitrogens with zero attached hydrogens (tertiary/aromatic N) is 6. The van der Waals surface area contributed by atoms with E-state index in [0.29, 0.717) is 11.8 Å². The van der Waals surface area contributed by atoms with E-state index in [-0.39, 0.29) is 0 Å². The molecule has 1 aliphatic rings. The summed E-state index contributed by atoms with van der Waals surface area (Å²) in [6.45, 7) is 3.72. The molecule has 0 bridgehead atoms. The number of aromatic nitrogens is 4.